The third-order valence-corrected chi connectivity index (χ3v) is 5.87. The van der Waals surface area contributed by atoms with Gasteiger partial charge in [-0.1, -0.05) is 12.1 Å². The van der Waals surface area contributed by atoms with E-state index in [1.165, 1.54) is 13.2 Å². The second kappa shape index (κ2) is 10.7. The summed E-state index contributed by atoms with van der Waals surface area (Å²) in [4.78, 5) is 0. The van der Waals surface area contributed by atoms with E-state index in [1.54, 1.807) is 27.0 Å². The van der Waals surface area contributed by atoms with Crippen LogP contribution in [0.3, 0.4) is 0 Å². The Morgan fingerprint density at radius 1 is 1.09 bits per heavy atom. The molecule has 1 saturated heterocycles. The zero-order chi connectivity index (χ0) is 25.0. The van der Waals surface area contributed by atoms with Crippen LogP contribution in [-0.4, -0.2) is 71.8 Å². The number of hydrogen-bond donors (Lipinski definition) is 4. The minimum Gasteiger partial charge on any atom is -0.497 e. The van der Waals surface area contributed by atoms with E-state index in [-0.39, 0.29) is 17.4 Å². The monoisotopic (exact) mass is 473 g/mol. The molecule has 2 aromatic carbocycles. The summed E-state index contributed by atoms with van der Waals surface area (Å²) in [6.45, 7) is 2.98. The second-order valence-electron chi connectivity index (χ2n) is 8.45. The van der Waals surface area contributed by atoms with Crippen molar-refractivity contribution in [2.45, 2.75) is 56.6 Å². The Morgan fingerprint density at radius 3 is 2.29 bits per heavy atom. The molecule has 9 heteroatoms. The van der Waals surface area contributed by atoms with Crippen LogP contribution in [0.4, 0.5) is 0 Å². The van der Waals surface area contributed by atoms with Crippen LogP contribution < -0.4 is 9.47 Å². The molecule has 184 valence electrons. The lowest BCUT2D eigenvalue weighted by molar-refractivity contribution is -0.366. The number of benzene rings is 2. The molecule has 0 unspecified atom stereocenters. The summed E-state index contributed by atoms with van der Waals surface area (Å²) in [5.41, 5.74) is 2.09. The van der Waals surface area contributed by atoms with Gasteiger partial charge >= 0.3 is 0 Å². The van der Waals surface area contributed by atoms with Crippen molar-refractivity contribution in [3.8, 4) is 17.6 Å². The minimum atomic E-state index is -1.97. The first-order valence-corrected chi connectivity index (χ1v) is 11.0. The van der Waals surface area contributed by atoms with E-state index in [2.05, 4.69) is 6.07 Å². The zero-order valence-electron chi connectivity index (χ0n) is 19.6. The Bertz CT molecular complexity index is 1020. The zero-order valence-corrected chi connectivity index (χ0v) is 19.6. The molecular weight excluding hydrogens is 442 g/mol. The highest BCUT2D eigenvalue weighted by Crippen LogP contribution is 2.44. The normalized spacial score (nSPS) is 26.8. The molecule has 1 fully saturated rings. The van der Waals surface area contributed by atoms with Gasteiger partial charge in [0.05, 0.1) is 37.0 Å². The number of nitriles is 1. The van der Waals surface area contributed by atoms with Crippen LogP contribution in [0.25, 0.3) is 0 Å². The van der Waals surface area contributed by atoms with Gasteiger partial charge in [0, 0.05) is 7.11 Å². The highest BCUT2D eigenvalue weighted by molar-refractivity contribution is 5.52. The molecule has 4 N–H and O–H groups in total. The molecule has 3 rings (SSSR count). The van der Waals surface area contributed by atoms with Crippen LogP contribution in [0.2, 0.25) is 0 Å². The van der Waals surface area contributed by atoms with Crippen LogP contribution in [0.15, 0.2) is 36.4 Å². The van der Waals surface area contributed by atoms with Crippen molar-refractivity contribution in [2.75, 3.05) is 20.8 Å². The van der Waals surface area contributed by atoms with Crippen molar-refractivity contribution in [1.29, 1.82) is 5.26 Å². The van der Waals surface area contributed by atoms with Crippen LogP contribution in [0, 0.1) is 11.3 Å². The number of ether oxygens (including phenoxy) is 4. The van der Waals surface area contributed by atoms with Gasteiger partial charge in [0.15, 0.2) is 0 Å². The maximum absolute atomic E-state index is 11.0. The molecule has 0 saturated carbocycles. The maximum atomic E-state index is 11.0. The summed E-state index contributed by atoms with van der Waals surface area (Å²) in [6, 6.07) is 12.7. The molecule has 2 aromatic rings. The Morgan fingerprint density at radius 2 is 1.76 bits per heavy atom. The molecule has 1 aliphatic heterocycles. The highest BCUT2D eigenvalue weighted by Gasteiger charge is 2.56. The first-order chi connectivity index (χ1) is 16.2. The predicted octanol–water partition coefficient (Wildman–Crippen LogP) is 1.22. The molecule has 0 aliphatic carbocycles. The molecule has 1 aliphatic rings. The fourth-order valence-corrected chi connectivity index (χ4v) is 4.10. The summed E-state index contributed by atoms with van der Waals surface area (Å²) in [5, 5.41) is 51.3. The number of rotatable bonds is 8. The largest absolute Gasteiger partial charge is 0.497 e. The van der Waals surface area contributed by atoms with Crippen molar-refractivity contribution >= 4 is 0 Å². The van der Waals surface area contributed by atoms with E-state index in [0.29, 0.717) is 23.3 Å². The minimum absolute atomic E-state index is 0.214. The molecule has 1 heterocycles. The lowest BCUT2D eigenvalue weighted by atomic mass is 9.85. The van der Waals surface area contributed by atoms with Crippen LogP contribution >= 0.6 is 0 Å². The SMILES string of the molecule is COc1ccc(Cc2cc([C@]3(OC)O[C@H](CO)[C@@H](O)[C@H](O)[C@H]3O)c(OC(C)C)cc2C#N)cc1. The lowest BCUT2D eigenvalue weighted by Crippen LogP contribution is -2.64. The highest BCUT2D eigenvalue weighted by atomic mass is 16.7. The van der Waals surface area contributed by atoms with Gasteiger partial charge in [-0.2, -0.15) is 5.26 Å². The fraction of sp³-hybridized carbons (Fsp3) is 0.480. The van der Waals surface area contributed by atoms with Gasteiger partial charge in [0.1, 0.15) is 35.9 Å². The summed E-state index contributed by atoms with van der Waals surface area (Å²) < 4.78 is 22.6. The van der Waals surface area contributed by atoms with E-state index < -0.39 is 36.8 Å². The van der Waals surface area contributed by atoms with E-state index in [0.717, 1.165) is 5.56 Å². The van der Waals surface area contributed by atoms with Crippen LogP contribution in [0.5, 0.6) is 11.5 Å². The Hall–Kier alpha value is -2.71. The smallest absolute Gasteiger partial charge is 0.228 e. The Labute approximate surface area is 198 Å². The molecule has 5 atom stereocenters. The topological polar surface area (TPSA) is 142 Å². The molecule has 0 bridgehead atoms. The fourth-order valence-electron chi connectivity index (χ4n) is 4.10. The van der Waals surface area contributed by atoms with Crippen molar-refractivity contribution in [3.63, 3.8) is 0 Å². The van der Waals surface area contributed by atoms with Crippen LogP contribution in [0.1, 0.15) is 36.1 Å². The molecule has 34 heavy (non-hydrogen) atoms. The quantitative estimate of drug-likeness (QED) is 0.445. The summed E-state index contributed by atoms with van der Waals surface area (Å²) in [5.74, 6) is -1.06. The standard InChI is InChI=1S/C25H31NO8/c1-14(2)33-20-11-17(12-26)16(9-15-5-7-18(31-3)8-6-15)10-19(20)25(32-4)24(30)23(29)22(28)21(13-27)34-25/h5-8,10-11,14,21-24,27-30H,9,13H2,1-4H3/t21-,22-,23+,24-,25+/m1/s1. The predicted molar refractivity (Wildman–Crippen MR) is 121 cm³/mol. The number of nitrogens with zero attached hydrogens (tertiary/aromatic N) is 1. The first-order valence-electron chi connectivity index (χ1n) is 11.0. The van der Waals surface area contributed by atoms with E-state index in [9.17, 15) is 25.7 Å². The van der Waals surface area contributed by atoms with Gasteiger partial charge in [0.2, 0.25) is 5.79 Å². The van der Waals surface area contributed by atoms with Gasteiger partial charge in [-0.15, -0.1) is 0 Å². The molecule has 0 aromatic heterocycles. The summed E-state index contributed by atoms with van der Waals surface area (Å²) >= 11 is 0. The summed E-state index contributed by atoms with van der Waals surface area (Å²) in [7, 11) is 2.86. The van der Waals surface area contributed by atoms with E-state index >= 15 is 0 Å². The van der Waals surface area contributed by atoms with Gasteiger partial charge < -0.3 is 39.4 Å². The third-order valence-electron chi connectivity index (χ3n) is 5.87. The third kappa shape index (κ3) is 4.88. The molecule has 0 spiro atoms. The van der Waals surface area contributed by atoms with E-state index in [4.69, 9.17) is 18.9 Å². The lowest BCUT2D eigenvalue weighted by Gasteiger charge is -2.48. The van der Waals surface area contributed by atoms with Crippen molar-refractivity contribution in [2.24, 2.45) is 0 Å². The van der Waals surface area contributed by atoms with Gasteiger partial charge in [0.25, 0.3) is 0 Å². The van der Waals surface area contributed by atoms with Crippen LogP contribution in [-0.2, 0) is 21.7 Å². The number of methoxy groups -OCH3 is 2. The Kier molecular flexibility index (Phi) is 8.15. The molecule has 9 nitrogen and oxygen atoms in total. The summed E-state index contributed by atoms with van der Waals surface area (Å²) in [6.07, 6.45) is -6.07. The average Bonchev–Trinajstić information content (AvgIpc) is 2.84. The van der Waals surface area contributed by atoms with Gasteiger partial charge in [-0.05, 0) is 55.7 Å². The second-order valence-corrected chi connectivity index (χ2v) is 8.45. The van der Waals surface area contributed by atoms with Crippen molar-refractivity contribution in [1.82, 2.24) is 0 Å². The Balaban J connectivity index is 2.18. The number of aliphatic hydroxyl groups is 4. The van der Waals surface area contributed by atoms with Gasteiger partial charge in [-0.3, -0.25) is 0 Å². The molecule has 0 radical (unpaired) electrons. The molecular formula is C25H31NO8. The van der Waals surface area contributed by atoms with Crippen molar-refractivity contribution in [3.05, 3.63) is 58.7 Å². The first kappa shape index (κ1) is 25.9. The maximum Gasteiger partial charge on any atom is 0.228 e. The van der Waals surface area contributed by atoms with Crippen molar-refractivity contribution < 1.29 is 39.4 Å². The van der Waals surface area contributed by atoms with Gasteiger partial charge in [-0.25, -0.2) is 0 Å². The number of hydrogen-bond acceptors (Lipinski definition) is 9. The molecule has 0 amide bonds. The average molecular weight is 474 g/mol. The van der Waals surface area contributed by atoms with E-state index in [1.807, 2.05) is 24.3 Å². The number of aliphatic hydroxyl groups excluding tert-OH is 4.